The number of nitrogens with zero attached hydrogens (tertiary/aromatic N) is 3. The van der Waals surface area contributed by atoms with Crippen LogP contribution in [0.1, 0.15) is 42.0 Å². The van der Waals surface area contributed by atoms with Gasteiger partial charge >= 0.3 is 0 Å². The Labute approximate surface area is 177 Å². The fraction of sp³-hybridized carbons (Fsp3) is 0.360. The van der Waals surface area contributed by atoms with Gasteiger partial charge < -0.3 is 14.6 Å². The molecule has 3 aromatic rings. The molecule has 2 atom stereocenters. The van der Waals surface area contributed by atoms with E-state index >= 15 is 0 Å². The van der Waals surface area contributed by atoms with Crippen molar-refractivity contribution >= 4 is 5.91 Å². The average Bonchev–Trinajstić information content (AvgIpc) is 3.37. The van der Waals surface area contributed by atoms with Gasteiger partial charge in [0.2, 0.25) is 5.91 Å². The van der Waals surface area contributed by atoms with Gasteiger partial charge in [-0.05, 0) is 42.4 Å². The van der Waals surface area contributed by atoms with E-state index in [0.29, 0.717) is 12.8 Å². The predicted octanol–water partition coefficient (Wildman–Crippen LogP) is 3.55. The molecule has 154 valence electrons. The Morgan fingerprint density at radius 1 is 1.07 bits per heavy atom. The Hall–Kier alpha value is -2.92. The van der Waals surface area contributed by atoms with E-state index in [-0.39, 0.29) is 23.8 Å². The summed E-state index contributed by atoms with van der Waals surface area (Å²) in [5.74, 6) is 0.592. The van der Waals surface area contributed by atoms with Crippen molar-refractivity contribution in [2.45, 2.75) is 37.7 Å². The molecule has 2 aliphatic heterocycles. The predicted molar refractivity (Wildman–Crippen MR) is 115 cm³/mol. The lowest BCUT2D eigenvalue weighted by Crippen LogP contribution is -2.42. The smallest absolute Gasteiger partial charge is 0.226 e. The van der Waals surface area contributed by atoms with Crippen molar-refractivity contribution in [3.63, 3.8) is 0 Å². The van der Waals surface area contributed by atoms with Gasteiger partial charge in [0.15, 0.2) is 0 Å². The number of benzene rings is 2. The third-order valence-electron chi connectivity index (χ3n) is 6.71. The lowest BCUT2D eigenvalue weighted by Gasteiger charge is -2.35. The van der Waals surface area contributed by atoms with Gasteiger partial charge in [-0.1, -0.05) is 48.5 Å². The SMILES string of the molecule is O=C(Cc1ccccc1)N1CCC(C(O)CC2c3ccccc3-n3cncc32)CC1. The molecule has 0 saturated carbocycles. The normalized spacial score (nSPS) is 19.4. The van der Waals surface area contributed by atoms with Crippen molar-refractivity contribution in [2.24, 2.45) is 5.92 Å². The number of fused-ring (bicyclic) bond motifs is 3. The number of likely N-dealkylation sites (tertiary alicyclic amines) is 1. The van der Waals surface area contributed by atoms with E-state index in [2.05, 4.69) is 27.8 Å². The van der Waals surface area contributed by atoms with E-state index < -0.39 is 0 Å². The highest BCUT2D eigenvalue weighted by atomic mass is 16.3. The summed E-state index contributed by atoms with van der Waals surface area (Å²) >= 11 is 0. The van der Waals surface area contributed by atoms with Gasteiger partial charge in [-0.15, -0.1) is 0 Å². The number of carbonyl (C=O) groups is 1. The van der Waals surface area contributed by atoms with E-state index in [1.54, 1.807) is 0 Å². The summed E-state index contributed by atoms with van der Waals surface area (Å²) in [5, 5.41) is 11.0. The summed E-state index contributed by atoms with van der Waals surface area (Å²) < 4.78 is 2.14. The van der Waals surface area contributed by atoms with Crippen LogP contribution in [0.15, 0.2) is 67.1 Å². The van der Waals surface area contributed by atoms with E-state index in [9.17, 15) is 9.90 Å². The van der Waals surface area contributed by atoms with Crippen LogP contribution < -0.4 is 0 Å². The maximum atomic E-state index is 12.6. The maximum Gasteiger partial charge on any atom is 0.226 e. The van der Waals surface area contributed by atoms with Gasteiger partial charge in [-0.3, -0.25) is 4.79 Å². The largest absolute Gasteiger partial charge is 0.393 e. The molecule has 1 aromatic heterocycles. The third kappa shape index (κ3) is 3.54. The van der Waals surface area contributed by atoms with Crippen molar-refractivity contribution in [2.75, 3.05) is 13.1 Å². The van der Waals surface area contributed by atoms with Crippen LogP contribution >= 0.6 is 0 Å². The van der Waals surface area contributed by atoms with Crippen molar-refractivity contribution in [1.29, 1.82) is 0 Å². The topological polar surface area (TPSA) is 58.4 Å². The summed E-state index contributed by atoms with van der Waals surface area (Å²) in [4.78, 5) is 18.9. The van der Waals surface area contributed by atoms with Crippen molar-refractivity contribution in [1.82, 2.24) is 14.5 Å². The minimum atomic E-state index is -0.379. The lowest BCUT2D eigenvalue weighted by atomic mass is 9.83. The van der Waals surface area contributed by atoms with Crippen LogP contribution in [-0.2, 0) is 11.2 Å². The summed E-state index contributed by atoms with van der Waals surface area (Å²) in [5.41, 5.74) is 4.65. The van der Waals surface area contributed by atoms with Gasteiger partial charge in [-0.2, -0.15) is 0 Å². The van der Waals surface area contributed by atoms with Crippen LogP contribution in [0.4, 0.5) is 0 Å². The number of amides is 1. The first-order valence-electron chi connectivity index (χ1n) is 10.8. The highest BCUT2D eigenvalue weighted by molar-refractivity contribution is 5.78. The van der Waals surface area contributed by atoms with Crippen LogP contribution in [0.2, 0.25) is 0 Å². The van der Waals surface area contributed by atoms with Crippen LogP contribution in [0.5, 0.6) is 0 Å². The minimum absolute atomic E-state index is 0.177. The van der Waals surface area contributed by atoms with Crippen LogP contribution in [0.3, 0.4) is 0 Å². The van der Waals surface area contributed by atoms with E-state index in [0.717, 1.165) is 37.2 Å². The van der Waals surface area contributed by atoms with E-state index in [1.165, 1.54) is 11.3 Å². The Kier molecular flexibility index (Phi) is 5.13. The number of aliphatic hydroxyl groups is 1. The second kappa shape index (κ2) is 8.07. The van der Waals surface area contributed by atoms with Crippen LogP contribution in [0, 0.1) is 5.92 Å². The molecule has 0 radical (unpaired) electrons. The van der Waals surface area contributed by atoms with Gasteiger partial charge in [0.25, 0.3) is 0 Å². The van der Waals surface area contributed by atoms with Crippen LogP contribution in [-0.4, -0.2) is 44.7 Å². The van der Waals surface area contributed by atoms with Gasteiger partial charge in [-0.25, -0.2) is 4.98 Å². The number of para-hydroxylation sites is 1. The first kappa shape index (κ1) is 19.1. The highest BCUT2D eigenvalue weighted by Crippen LogP contribution is 2.41. The molecular formula is C25H27N3O2. The van der Waals surface area contributed by atoms with Crippen molar-refractivity contribution in [3.8, 4) is 5.69 Å². The zero-order valence-corrected chi connectivity index (χ0v) is 17.0. The number of piperidine rings is 1. The maximum absolute atomic E-state index is 12.6. The molecule has 0 spiro atoms. The third-order valence-corrected chi connectivity index (χ3v) is 6.71. The molecule has 0 bridgehead atoms. The van der Waals surface area contributed by atoms with Gasteiger partial charge in [0.1, 0.15) is 0 Å². The number of hydrogen-bond acceptors (Lipinski definition) is 3. The first-order valence-corrected chi connectivity index (χ1v) is 10.8. The number of hydrogen-bond donors (Lipinski definition) is 1. The molecule has 5 nitrogen and oxygen atoms in total. The second-order valence-electron chi connectivity index (χ2n) is 8.48. The van der Waals surface area contributed by atoms with Crippen molar-refractivity contribution < 1.29 is 9.90 Å². The number of imidazole rings is 1. The monoisotopic (exact) mass is 401 g/mol. The quantitative estimate of drug-likeness (QED) is 0.711. The Balaban J connectivity index is 1.20. The molecule has 30 heavy (non-hydrogen) atoms. The lowest BCUT2D eigenvalue weighted by molar-refractivity contribution is -0.132. The number of rotatable bonds is 5. The zero-order chi connectivity index (χ0) is 20.5. The molecule has 2 aromatic carbocycles. The summed E-state index contributed by atoms with van der Waals surface area (Å²) in [6.45, 7) is 1.46. The molecule has 1 fully saturated rings. The second-order valence-corrected chi connectivity index (χ2v) is 8.48. The zero-order valence-electron chi connectivity index (χ0n) is 17.0. The Morgan fingerprint density at radius 3 is 2.60 bits per heavy atom. The minimum Gasteiger partial charge on any atom is -0.393 e. The summed E-state index contributed by atoms with van der Waals surface area (Å²) in [6.07, 6.45) is 6.27. The Bertz CT molecular complexity index is 1020. The molecule has 1 amide bonds. The first-order chi connectivity index (χ1) is 14.7. The van der Waals surface area contributed by atoms with Crippen LogP contribution in [0.25, 0.3) is 5.69 Å². The average molecular weight is 402 g/mol. The molecule has 5 heteroatoms. The van der Waals surface area contributed by atoms with E-state index in [1.807, 2.05) is 53.8 Å². The van der Waals surface area contributed by atoms with Crippen molar-refractivity contribution in [3.05, 3.63) is 83.9 Å². The molecule has 2 aliphatic rings. The fourth-order valence-corrected chi connectivity index (χ4v) is 5.02. The molecule has 0 aliphatic carbocycles. The number of aliphatic hydroxyl groups excluding tert-OH is 1. The molecule has 5 rings (SSSR count). The summed E-state index contributed by atoms with van der Waals surface area (Å²) in [6, 6.07) is 18.3. The summed E-state index contributed by atoms with van der Waals surface area (Å²) in [7, 11) is 0. The molecule has 3 heterocycles. The van der Waals surface area contributed by atoms with Gasteiger partial charge in [0.05, 0.1) is 30.2 Å². The fourth-order valence-electron chi connectivity index (χ4n) is 5.02. The molecule has 1 N–H and O–H groups in total. The number of aromatic nitrogens is 2. The molecule has 1 saturated heterocycles. The van der Waals surface area contributed by atoms with Gasteiger partial charge in [0, 0.05) is 25.2 Å². The molecule has 2 unspecified atom stereocenters. The number of carbonyl (C=O) groups excluding carboxylic acids is 1. The molecular weight excluding hydrogens is 374 g/mol. The Morgan fingerprint density at radius 2 is 1.80 bits per heavy atom. The standard InChI is InChI=1S/C25H27N3O2/c29-24(15-21-20-8-4-5-9-22(20)28-17-26-16-23(21)28)19-10-12-27(13-11-19)25(30)14-18-6-2-1-3-7-18/h1-9,16-17,19,21,24,29H,10-15H2. The highest BCUT2D eigenvalue weighted by Gasteiger charge is 2.34. The van der Waals surface area contributed by atoms with E-state index in [4.69, 9.17) is 0 Å².